The van der Waals surface area contributed by atoms with E-state index in [1.807, 2.05) is 0 Å². The van der Waals surface area contributed by atoms with E-state index in [0.29, 0.717) is 10.8 Å². The molecule has 5 heteroatoms. The molecule has 3 aromatic rings. The van der Waals surface area contributed by atoms with Gasteiger partial charge in [-0.05, 0) is 12.1 Å². The van der Waals surface area contributed by atoms with Crippen LogP contribution in [0.1, 0.15) is 0 Å². The lowest BCUT2D eigenvalue weighted by molar-refractivity contribution is 0.454. The summed E-state index contributed by atoms with van der Waals surface area (Å²) in [4.78, 5) is 15.4. The molecule has 0 saturated heterocycles. The summed E-state index contributed by atoms with van der Waals surface area (Å²) in [6, 6.07) is 5.75. The van der Waals surface area contributed by atoms with Gasteiger partial charge in [-0.25, -0.2) is 9.78 Å². The third kappa shape index (κ3) is 1.40. The van der Waals surface area contributed by atoms with Crippen molar-refractivity contribution in [2.24, 2.45) is 0 Å². The zero-order valence-corrected chi connectivity index (χ0v) is 8.54. The molecule has 0 amide bonds. The molecule has 0 radical (unpaired) electrons. The molecule has 0 bridgehead atoms. The van der Waals surface area contributed by atoms with Gasteiger partial charge in [-0.3, -0.25) is 0 Å². The fourth-order valence-electron chi connectivity index (χ4n) is 1.80. The minimum Gasteiger partial charge on any atom is -0.508 e. The quantitative estimate of drug-likeness (QED) is 0.453. The predicted octanol–water partition coefficient (Wildman–Crippen LogP) is 1.75. The number of rotatable bonds is 0. The molecule has 0 fully saturated rings. The number of aromatic hydroxyl groups is 2. The van der Waals surface area contributed by atoms with E-state index in [1.54, 1.807) is 6.07 Å². The first-order valence-electron chi connectivity index (χ1n) is 4.90. The Morgan fingerprint density at radius 3 is 2.71 bits per heavy atom. The summed E-state index contributed by atoms with van der Waals surface area (Å²) in [7, 11) is 0. The van der Waals surface area contributed by atoms with Gasteiger partial charge < -0.3 is 14.6 Å². The number of phenolic OH excluding ortho intramolecular Hbond substituents is 1. The largest absolute Gasteiger partial charge is 0.508 e. The van der Waals surface area contributed by atoms with Crippen LogP contribution in [-0.2, 0) is 0 Å². The fourth-order valence-corrected chi connectivity index (χ4v) is 1.80. The van der Waals surface area contributed by atoms with Gasteiger partial charge in [-0.1, -0.05) is 0 Å². The minimum atomic E-state index is -0.573. The number of hydrogen-bond donors (Lipinski definition) is 2. The van der Waals surface area contributed by atoms with Crippen molar-refractivity contribution in [3.63, 3.8) is 0 Å². The standard InChI is InChI=1S/C12H7NO4/c14-6-1-2-7-9-5-13-11(15)4-8(9)12(16)17-10(7)3-6/h1-5,14H,(H,13,15). The Morgan fingerprint density at radius 2 is 1.88 bits per heavy atom. The van der Waals surface area contributed by atoms with Crippen molar-refractivity contribution >= 4 is 21.7 Å². The number of hydrogen-bond acceptors (Lipinski definition) is 5. The van der Waals surface area contributed by atoms with Crippen LogP contribution in [0.3, 0.4) is 0 Å². The molecule has 5 nitrogen and oxygen atoms in total. The molecule has 0 aliphatic rings. The van der Waals surface area contributed by atoms with Crippen LogP contribution in [-0.4, -0.2) is 15.2 Å². The second kappa shape index (κ2) is 3.21. The lowest BCUT2D eigenvalue weighted by Crippen LogP contribution is -2.00. The van der Waals surface area contributed by atoms with E-state index >= 15 is 0 Å². The molecule has 2 N–H and O–H groups in total. The van der Waals surface area contributed by atoms with Gasteiger partial charge in [0, 0.05) is 29.1 Å². The van der Waals surface area contributed by atoms with Crippen LogP contribution < -0.4 is 5.63 Å². The Kier molecular flexibility index (Phi) is 1.82. The first kappa shape index (κ1) is 9.65. The average Bonchev–Trinajstić information content (AvgIpc) is 2.29. The van der Waals surface area contributed by atoms with Crippen LogP contribution in [0.2, 0.25) is 0 Å². The van der Waals surface area contributed by atoms with E-state index in [0.717, 1.165) is 0 Å². The third-order valence-electron chi connectivity index (χ3n) is 2.57. The molecule has 17 heavy (non-hydrogen) atoms. The molecule has 0 saturated carbocycles. The van der Waals surface area contributed by atoms with Crippen LogP contribution in [0.5, 0.6) is 11.6 Å². The third-order valence-corrected chi connectivity index (χ3v) is 2.57. The highest BCUT2D eigenvalue weighted by molar-refractivity contribution is 6.04. The molecular formula is C12H7NO4. The van der Waals surface area contributed by atoms with Gasteiger partial charge in [0.1, 0.15) is 11.3 Å². The van der Waals surface area contributed by atoms with E-state index in [-0.39, 0.29) is 22.6 Å². The van der Waals surface area contributed by atoms with Crippen LogP contribution >= 0.6 is 0 Å². The summed E-state index contributed by atoms with van der Waals surface area (Å²) in [6.07, 6.45) is 1.40. The van der Waals surface area contributed by atoms with Crippen molar-refractivity contribution < 1.29 is 14.6 Å². The summed E-state index contributed by atoms with van der Waals surface area (Å²) in [5.41, 5.74) is -0.286. The minimum absolute atomic E-state index is 0.0201. The number of nitrogens with zero attached hydrogens (tertiary/aromatic N) is 1. The van der Waals surface area contributed by atoms with Crippen molar-refractivity contribution in [1.82, 2.24) is 4.98 Å². The van der Waals surface area contributed by atoms with E-state index < -0.39 is 5.63 Å². The number of aromatic nitrogens is 1. The monoisotopic (exact) mass is 229 g/mol. The molecule has 84 valence electrons. The van der Waals surface area contributed by atoms with E-state index in [4.69, 9.17) is 4.42 Å². The molecule has 0 unspecified atom stereocenters. The van der Waals surface area contributed by atoms with Crippen molar-refractivity contribution in [2.45, 2.75) is 0 Å². The molecule has 0 spiro atoms. The number of phenols is 1. The molecule has 3 rings (SSSR count). The van der Waals surface area contributed by atoms with Gasteiger partial charge >= 0.3 is 5.63 Å². The van der Waals surface area contributed by atoms with Crippen molar-refractivity contribution in [3.05, 3.63) is 40.9 Å². The second-order valence-electron chi connectivity index (χ2n) is 3.66. The van der Waals surface area contributed by atoms with Crippen molar-refractivity contribution in [2.75, 3.05) is 0 Å². The normalized spacial score (nSPS) is 11.1. The molecule has 0 aliphatic heterocycles. The summed E-state index contributed by atoms with van der Waals surface area (Å²) >= 11 is 0. The zero-order chi connectivity index (χ0) is 12.0. The average molecular weight is 229 g/mol. The lowest BCUT2D eigenvalue weighted by Gasteiger charge is -2.02. The van der Waals surface area contributed by atoms with Gasteiger partial charge in [0.25, 0.3) is 0 Å². The Balaban J connectivity index is 2.60. The van der Waals surface area contributed by atoms with Crippen molar-refractivity contribution in [3.8, 4) is 11.6 Å². The molecule has 2 aromatic heterocycles. The van der Waals surface area contributed by atoms with Crippen LogP contribution in [0.4, 0.5) is 0 Å². The molecule has 1 aromatic carbocycles. The topological polar surface area (TPSA) is 83.6 Å². The van der Waals surface area contributed by atoms with E-state index in [9.17, 15) is 15.0 Å². The smallest absolute Gasteiger partial charge is 0.344 e. The highest BCUT2D eigenvalue weighted by Crippen LogP contribution is 2.26. The van der Waals surface area contributed by atoms with Gasteiger partial charge in [0.15, 0.2) is 0 Å². The van der Waals surface area contributed by atoms with E-state index in [2.05, 4.69) is 4.98 Å². The van der Waals surface area contributed by atoms with Crippen LogP contribution in [0, 0.1) is 0 Å². The molecular weight excluding hydrogens is 222 g/mol. The maximum absolute atomic E-state index is 11.7. The maximum Gasteiger partial charge on any atom is 0.344 e. The first-order valence-corrected chi connectivity index (χ1v) is 4.90. The maximum atomic E-state index is 11.7. The summed E-state index contributed by atoms with van der Waals surface area (Å²) in [5, 5.41) is 20.1. The number of fused-ring (bicyclic) bond motifs is 3. The Morgan fingerprint density at radius 1 is 1.06 bits per heavy atom. The van der Waals surface area contributed by atoms with Crippen molar-refractivity contribution in [1.29, 1.82) is 0 Å². The van der Waals surface area contributed by atoms with Gasteiger partial charge in [0.05, 0.1) is 5.39 Å². The Bertz CT molecular complexity index is 791. The summed E-state index contributed by atoms with van der Waals surface area (Å²) in [5.74, 6) is -0.213. The lowest BCUT2D eigenvalue weighted by atomic mass is 10.1. The van der Waals surface area contributed by atoms with Crippen LogP contribution in [0.25, 0.3) is 21.7 Å². The second-order valence-corrected chi connectivity index (χ2v) is 3.66. The molecule has 0 aliphatic carbocycles. The molecule has 2 heterocycles. The predicted molar refractivity (Wildman–Crippen MR) is 61.1 cm³/mol. The van der Waals surface area contributed by atoms with Crippen LogP contribution in [0.15, 0.2) is 39.7 Å². The SMILES string of the molecule is O=c1oc2cc(O)ccc2c2cnc(O)cc12. The van der Waals surface area contributed by atoms with Gasteiger partial charge in [0.2, 0.25) is 5.88 Å². The zero-order valence-electron chi connectivity index (χ0n) is 8.54. The highest BCUT2D eigenvalue weighted by atomic mass is 16.4. The van der Waals surface area contributed by atoms with E-state index in [1.165, 1.54) is 24.4 Å². The van der Waals surface area contributed by atoms with Gasteiger partial charge in [-0.15, -0.1) is 0 Å². The first-order chi connectivity index (χ1) is 8.15. The highest BCUT2D eigenvalue weighted by Gasteiger charge is 2.09. The summed E-state index contributed by atoms with van der Waals surface area (Å²) < 4.78 is 5.06. The molecule has 0 atom stereocenters. The van der Waals surface area contributed by atoms with Gasteiger partial charge in [-0.2, -0.15) is 0 Å². The summed E-state index contributed by atoms with van der Waals surface area (Å²) in [6.45, 7) is 0. The fraction of sp³-hybridized carbons (Fsp3) is 0. The number of benzene rings is 1. The Hall–Kier alpha value is -2.56. The Labute approximate surface area is 94.6 Å². The number of pyridine rings is 1.